The van der Waals surface area contributed by atoms with Gasteiger partial charge in [-0.25, -0.2) is 0 Å². The van der Waals surface area contributed by atoms with Gasteiger partial charge in [0.15, 0.2) is 0 Å². The largest absolute Gasteiger partial charge is 0.0683 e. The molecule has 0 unspecified atom stereocenters. The summed E-state index contributed by atoms with van der Waals surface area (Å²) in [6.07, 6.45) is 0. The van der Waals surface area contributed by atoms with Crippen LogP contribution in [0.1, 0.15) is 61.1 Å². The monoisotopic (exact) mass is 680 g/mol. The van der Waals surface area contributed by atoms with E-state index in [4.69, 9.17) is 0 Å². The molecule has 0 fully saturated rings. The summed E-state index contributed by atoms with van der Waals surface area (Å²) in [6.45, 7) is 20.8. The van der Waals surface area contributed by atoms with Gasteiger partial charge in [0.1, 0.15) is 0 Å². The summed E-state index contributed by atoms with van der Waals surface area (Å²) in [5.74, 6) is 0. The second-order valence-corrected chi connectivity index (χ2v) is 13.2. The highest BCUT2D eigenvalue weighted by Gasteiger charge is 2.08. The Morgan fingerprint density at radius 3 is 0.500 bits per heavy atom. The van der Waals surface area contributed by atoms with Crippen molar-refractivity contribution in [1.29, 1.82) is 0 Å². The zero-order valence-electron chi connectivity index (χ0n) is 33.0. The number of hydrogen-bond donors (Lipinski definition) is 0. The van der Waals surface area contributed by atoms with E-state index >= 15 is 0 Å². The highest BCUT2D eigenvalue weighted by molar-refractivity contribution is 5.81. The van der Waals surface area contributed by atoms with E-state index in [2.05, 4.69) is 199 Å². The first-order chi connectivity index (χ1) is 25.2. The SMILES string of the molecule is CC.CC.Cc1ccc(-c2cc(-c3ccc(C)cc3)cc(-c3ccc(C)cc3)c2)cc1.Cc1ccc(-c2cc(C)cc(-c3ccc(C)cc3)c2)cc1. The summed E-state index contributed by atoms with van der Waals surface area (Å²) in [5.41, 5.74) is 20.4. The van der Waals surface area contributed by atoms with Gasteiger partial charge in [-0.2, -0.15) is 0 Å². The quantitative estimate of drug-likeness (QED) is 0.170. The molecule has 0 aliphatic heterocycles. The molecule has 0 spiro atoms. The molecule has 0 nitrogen and oxygen atoms in total. The van der Waals surface area contributed by atoms with E-state index in [-0.39, 0.29) is 0 Å². The maximum absolute atomic E-state index is 2.30. The van der Waals surface area contributed by atoms with Gasteiger partial charge in [0.05, 0.1) is 0 Å². The number of aryl methyl sites for hydroxylation is 6. The third kappa shape index (κ3) is 10.8. The first kappa shape index (κ1) is 39.3. The van der Waals surface area contributed by atoms with Gasteiger partial charge in [-0.15, -0.1) is 0 Å². The van der Waals surface area contributed by atoms with Crippen LogP contribution in [0.25, 0.3) is 55.6 Å². The van der Waals surface area contributed by atoms with E-state index in [0.717, 1.165) is 0 Å². The normalized spacial score (nSPS) is 10.1. The summed E-state index contributed by atoms with van der Waals surface area (Å²) in [7, 11) is 0. The summed E-state index contributed by atoms with van der Waals surface area (Å²) >= 11 is 0. The van der Waals surface area contributed by atoms with E-state index in [9.17, 15) is 0 Å². The van der Waals surface area contributed by atoms with E-state index in [0.29, 0.717) is 0 Å². The fourth-order valence-corrected chi connectivity index (χ4v) is 5.97. The summed E-state index contributed by atoms with van der Waals surface area (Å²) in [5, 5.41) is 0. The van der Waals surface area contributed by atoms with Crippen LogP contribution in [-0.2, 0) is 0 Å². The first-order valence-corrected chi connectivity index (χ1v) is 18.8. The first-order valence-electron chi connectivity index (χ1n) is 18.8. The van der Waals surface area contributed by atoms with Crippen LogP contribution in [0.4, 0.5) is 0 Å². The molecular weight excluding hydrogens is 625 g/mol. The Bertz CT molecular complexity index is 1890. The molecule has 52 heavy (non-hydrogen) atoms. The van der Waals surface area contributed by atoms with Gasteiger partial charge in [-0.3, -0.25) is 0 Å². The van der Waals surface area contributed by atoms with Crippen LogP contribution in [0, 0.1) is 41.5 Å². The predicted octanol–water partition coefficient (Wildman–Crippen LogP) is 15.6. The molecule has 7 aromatic carbocycles. The lowest BCUT2D eigenvalue weighted by Crippen LogP contribution is -1.87. The minimum atomic E-state index is 1.25. The molecule has 0 saturated heterocycles. The second kappa shape index (κ2) is 19.2. The minimum Gasteiger partial charge on any atom is -0.0683 e. The minimum absolute atomic E-state index is 1.25. The van der Waals surface area contributed by atoms with Crippen molar-refractivity contribution in [3.8, 4) is 55.6 Å². The van der Waals surface area contributed by atoms with Gasteiger partial charge in [-0.1, -0.05) is 189 Å². The molecule has 0 heterocycles. The zero-order valence-corrected chi connectivity index (χ0v) is 33.0. The smallest absolute Gasteiger partial charge is 0.0172 e. The van der Waals surface area contributed by atoms with Gasteiger partial charge in [-0.05, 0) is 127 Å². The molecule has 7 rings (SSSR count). The fourth-order valence-electron chi connectivity index (χ4n) is 5.97. The summed E-state index contributed by atoms with van der Waals surface area (Å²) in [6, 6.07) is 57.5. The molecule has 0 atom stereocenters. The molecule has 264 valence electrons. The van der Waals surface area contributed by atoms with E-state index in [1.807, 2.05) is 27.7 Å². The lowest BCUT2D eigenvalue weighted by Gasteiger charge is -2.12. The van der Waals surface area contributed by atoms with Crippen molar-refractivity contribution in [2.75, 3.05) is 0 Å². The Labute approximate surface area is 314 Å². The van der Waals surface area contributed by atoms with Crippen LogP contribution < -0.4 is 0 Å². The van der Waals surface area contributed by atoms with Crippen LogP contribution >= 0.6 is 0 Å². The van der Waals surface area contributed by atoms with E-state index < -0.39 is 0 Å². The standard InChI is InChI=1S/C27H24.C21H20.2C2H6/c1-19-4-10-22(11-5-19)25-16-26(23-12-6-20(2)7-13-23)18-27(17-25)24-14-8-21(3)9-15-24;1-15-4-8-18(9-5-15)20-12-17(3)13-21(14-20)19-10-6-16(2)7-11-19;2*1-2/h4-18H,1-3H3;4-14H,1-3H3;2*1-2H3. The topological polar surface area (TPSA) is 0 Å². The molecule has 0 aliphatic carbocycles. The molecule has 0 amide bonds. The predicted molar refractivity (Wildman–Crippen MR) is 231 cm³/mol. The maximum Gasteiger partial charge on any atom is -0.0172 e. The average molecular weight is 681 g/mol. The van der Waals surface area contributed by atoms with Crippen molar-refractivity contribution in [1.82, 2.24) is 0 Å². The van der Waals surface area contributed by atoms with Crippen LogP contribution in [0.15, 0.2) is 158 Å². The molecule has 0 N–H and O–H groups in total. The Kier molecular flexibility index (Phi) is 14.5. The lowest BCUT2D eigenvalue weighted by atomic mass is 9.92. The van der Waals surface area contributed by atoms with Gasteiger partial charge in [0.25, 0.3) is 0 Å². The highest BCUT2D eigenvalue weighted by atomic mass is 14.1. The van der Waals surface area contributed by atoms with Gasteiger partial charge in [0.2, 0.25) is 0 Å². The van der Waals surface area contributed by atoms with Crippen molar-refractivity contribution in [2.45, 2.75) is 69.2 Å². The summed E-state index contributed by atoms with van der Waals surface area (Å²) < 4.78 is 0. The Morgan fingerprint density at radius 1 is 0.173 bits per heavy atom. The fraction of sp³-hybridized carbons (Fsp3) is 0.192. The van der Waals surface area contributed by atoms with E-state index in [1.54, 1.807) is 0 Å². The Morgan fingerprint density at radius 2 is 0.327 bits per heavy atom. The Balaban J connectivity index is 0.000000218. The van der Waals surface area contributed by atoms with Crippen LogP contribution in [0.2, 0.25) is 0 Å². The van der Waals surface area contributed by atoms with Crippen molar-refractivity contribution >= 4 is 0 Å². The molecule has 7 aromatic rings. The van der Waals surface area contributed by atoms with Gasteiger partial charge >= 0.3 is 0 Å². The number of hydrogen-bond acceptors (Lipinski definition) is 0. The number of rotatable bonds is 5. The van der Waals surface area contributed by atoms with Crippen molar-refractivity contribution in [3.05, 3.63) is 191 Å². The lowest BCUT2D eigenvalue weighted by molar-refractivity contribution is 1.43. The van der Waals surface area contributed by atoms with Crippen molar-refractivity contribution in [3.63, 3.8) is 0 Å². The average Bonchev–Trinajstić information content (AvgIpc) is 3.18. The second-order valence-electron chi connectivity index (χ2n) is 13.2. The maximum atomic E-state index is 2.30. The van der Waals surface area contributed by atoms with E-state index in [1.165, 1.54) is 89.0 Å². The molecule has 0 aliphatic rings. The van der Waals surface area contributed by atoms with Crippen molar-refractivity contribution in [2.24, 2.45) is 0 Å². The molecule has 0 saturated carbocycles. The molecule has 0 aromatic heterocycles. The van der Waals surface area contributed by atoms with Gasteiger partial charge in [0, 0.05) is 0 Å². The van der Waals surface area contributed by atoms with Crippen LogP contribution in [0.3, 0.4) is 0 Å². The van der Waals surface area contributed by atoms with Crippen molar-refractivity contribution < 1.29 is 0 Å². The summed E-state index contributed by atoms with van der Waals surface area (Å²) in [4.78, 5) is 0. The molecular formula is C52H56. The van der Waals surface area contributed by atoms with Crippen LogP contribution in [0.5, 0.6) is 0 Å². The third-order valence-electron chi connectivity index (χ3n) is 8.93. The Hall–Kier alpha value is -5.46. The van der Waals surface area contributed by atoms with Gasteiger partial charge < -0.3 is 0 Å². The molecule has 0 bridgehead atoms. The molecule has 0 heteroatoms. The highest BCUT2D eigenvalue weighted by Crippen LogP contribution is 2.33. The van der Waals surface area contributed by atoms with Crippen LogP contribution in [-0.4, -0.2) is 0 Å². The zero-order chi connectivity index (χ0) is 37.6. The third-order valence-corrected chi connectivity index (χ3v) is 8.93. The molecule has 0 radical (unpaired) electrons. The number of benzene rings is 7.